The fraction of sp³-hybridized carbons (Fsp3) is 0.250. The highest BCUT2D eigenvalue weighted by Crippen LogP contribution is 2.23. The number of carbonyl (C=O) groups excluding carboxylic acids is 3. The van der Waals surface area contributed by atoms with Gasteiger partial charge in [0.1, 0.15) is 6.17 Å². The summed E-state index contributed by atoms with van der Waals surface area (Å²) in [5.74, 6) is -1.02. The van der Waals surface area contributed by atoms with E-state index in [0.717, 1.165) is 4.90 Å². The van der Waals surface area contributed by atoms with E-state index in [4.69, 9.17) is 0 Å². The van der Waals surface area contributed by atoms with E-state index in [1.54, 1.807) is 31.2 Å². The van der Waals surface area contributed by atoms with Gasteiger partial charge in [0.05, 0.1) is 11.1 Å². The van der Waals surface area contributed by atoms with E-state index in [1.165, 1.54) is 6.92 Å². The molecule has 1 aliphatic heterocycles. The molecule has 1 atom stereocenters. The molecule has 0 bridgehead atoms. The molecule has 0 saturated heterocycles. The van der Waals surface area contributed by atoms with Crippen LogP contribution in [0.25, 0.3) is 0 Å². The molecule has 0 aliphatic carbocycles. The third-order valence-electron chi connectivity index (χ3n) is 2.62. The predicted octanol–water partition coefficient (Wildman–Crippen LogP) is 0.765. The normalized spacial score (nSPS) is 15.8. The highest BCUT2D eigenvalue weighted by atomic mass is 16.2. The number of nitrogens with zero attached hydrogens (tertiary/aromatic N) is 1. The van der Waals surface area contributed by atoms with Gasteiger partial charge in [-0.05, 0) is 19.1 Å². The number of rotatable bonds is 2. The van der Waals surface area contributed by atoms with Crippen molar-refractivity contribution in [3.8, 4) is 0 Å². The summed E-state index contributed by atoms with van der Waals surface area (Å²) >= 11 is 0. The second kappa shape index (κ2) is 4.01. The Bertz CT molecular complexity index is 475. The van der Waals surface area contributed by atoms with E-state index < -0.39 is 6.17 Å². The number of fused-ring (bicyclic) bond motifs is 1. The predicted molar refractivity (Wildman–Crippen MR) is 60.2 cm³/mol. The highest BCUT2D eigenvalue weighted by Gasteiger charge is 2.38. The van der Waals surface area contributed by atoms with Gasteiger partial charge in [0.25, 0.3) is 11.8 Å². The quantitative estimate of drug-likeness (QED) is 0.766. The Hall–Kier alpha value is -2.17. The monoisotopic (exact) mass is 232 g/mol. The van der Waals surface area contributed by atoms with Crippen molar-refractivity contribution in [3.05, 3.63) is 35.4 Å². The van der Waals surface area contributed by atoms with E-state index in [9.17, 15) is 14.4 Å². The van der Waals surface area contributed by atoms with Crippen molar-refractivity contribution in [2.24, 2.45) is 0 Å². The Labute approximate surface area is 98.4 Å². The third kappa shape index (κ3) is 1.80. The molecule has 0 saturated carbocycles. The molecule has 5 nitrogen and oxygen atoms in total. The van der Waals surface area contributed by atoms with Crippen LogP contribution in [0.1, 0.15) is 34.6 Å². The fourth-order valence-electron chi connectivity index (χ4n) is 1.92. The van der Waals surface area contributed by atoms with E-state index in [0.29, 0.717) is 11.1 Å². The molecule has 5 heteroatoms. The van der Waals surface area contributed by atoms with Crippen molar-refractivity contribution in [3.63, 3.8) is 0 Å². The van der Waals surface area contributed by atoms with E-state index in [1.807, 2.05) is 0 Å². The van der Waals surface area contributed by atoms with Crippen molar-refractivity contribution in [1.29, 1.82) is 0 Å². The summed E-state index contributed by atoms with van der Waals surface area (Å²) in [6.07, 6.45) is -0.639. The van der Waals surface area contributed by atoms with Crippen LogP contribution in [0.5, 0.6) is 0 Å². The zero-order valence-corrected chi connectivity index (χ0v) is 9.56. The SMILES string of the molecule is CC(=O)NC(C)N1C(=O)c2ccccc2C1=O. The maximum absolute atomic E-state index is 12.0. The second-order valence-corrected chi connectivity index (χ2v) is 3.90. The first-order valence-electron chi connectivity index (χ1n) is 5.26. The zero-order chi connectivity index (χ0) is 12.6. The van der Waals surface area contributed by atoms with Crippen molar-refractivity contribution < 1.29 is 14.4 Å². The number of carbonyl (C=O) groups is 3. The molecule has 1 heterocycles. The van der Waals surface area contributed by atoms with Gasteiger partial charge < -0.3 is 5.32 Å². The van der Waals surface area contributed by atoms with Crippen LogP contribution in [0.4, 0.5) is 0 Å². The minimum atomic E-state index is -0.639. The Kier molecular flexibility index (Phi) is 2.67. The lowest BCUT2D eigenvalue weighted by molar-refractivity contribution is -0.120. The van der Waals surface area contributed by atoms with Crippen molar-refractivity contribution in [1.82, 2.24) is 10.2 Å². The van der Waals surface area contributed by atoms with Crippen LogP contribution in [0.2, 0.25) is 0 Å². The first-order chi connectivity index (χ1) is 8.02. The summed E-state index contributed by atoms with van der Waals surface area (Å²) in [6, 6.07) is 6.62. The van der Waals surface area contributed by atoms with Crippen LogP contribution in [0.15, 0.2) is 24.3 Å². The first-order valence-corrected chi connectivity index (χ1v) is 5.26. The smallest absolute Gasteiger partial charge is 0.263 e. The van der Waals surface area contributed by atoms with E-state index in [-0.39, 0.29) is 17.7 Å². The van der Waals surface area contributed by atoms with Gasteiger partial charge in [-0.15, -0.1) is 0 Å². The number of hydrogen-bond acceptors (Lipinski definition) is 3. The van der Waals surface area contributed by atoms with Crippen LogP contribution in [0.3, 0.4) is 0 Å². The number of hydrogen-bond donors (Lipinski definition) is 1. The molecule has 1 aliphatic rings. The topological polar surface area (TPSA) is 66.5 Å². The van der Waals surface area contributed by atoms with E-state index in [2.05, 4.69) is 5.32 Å². The zero-order valence-electron chi connectivity index (χ0n) is 9.56. The van der Waals surface area contributed by atoms with Crippen molar-refractivity contribution in [2.75, 3.05) is 0 Å². The molecule has 1 aromatic rings. The molecule has 0 spiro atoms. The summed E-state index contributed by atoms with van der Waals surface area (Å²) in [6.45, 7) is 2.94. The minimum Gasteiger partial charge on any atom is -0.336 e. The molecule has 1 N–H and O–H groups in total. The minimum absolute atomic E-state index is 0.283. The van der Waals surface area contributed by atoms with Gasteiger partial charge in [-0.2, -0.15) is 0 Å². The molecule has 2 rings (SSSR count). The van der Waals surface area contributed by atoms with Crippen LogP contribution < -0.4 is 5.32 Å². The fourth-order valence-corrected chi connectivity index (χ4v) is 1.92. The average Bonchev–Trinajstić information content (AvgIpc) is 2.51. The maximum atomic E-state index is 12.0. The van der Waals surface area contributed by atoms with Gasteiger partial charge in [0, 0.05) is 6.92 Å². The second-order valence-electron chi connectivity index (χ2n) is 3.90. The van der Waals surface area contributed by atoms with Crippen LogP contribution in [0, 0.1) is 0 Å². The molecule has 88 valence electrons. The Morgan fingerprint density at radius 1 is 1.18 bits per heavy atom. The number of benzene rings is 1. The van der Waals surface area contributed by atoms with Crippen molar-refractivity contribution in [2.45, 2.75) is 20.0 Å². The summed E-state index contributed by atoms with van der Waals surface area (Å²) in [4.78, 5) is 36.0. The van der Waals surface area contributed by atoms with Gasteiger partial charge in [0.2, 0.25) is 5.91 Å². The lowest BCUT2D eigenvalue weighted by Gasteiger charge is -2.22. The third-order valence-corrected chi connectivity index (χ3v) is 2.62. The molecule has 1 aromatic carbocycles. The summed E-state index contributed by atoms with van der Waals surface area (Å²) in [7, 11) is 0. The van der Waals surface area contributed by atoms with Gasteiger partial charge in [-0.3, -0.25) is 19.3 Å². The van der Waals surface area contributed by atoms with E-state index >= 15 is 0 Å². The van der Waals surface area contributed by atoms with Gasteiger partial charge in [0.15, 0.2) is 0 Å². The van der Waals surface area contributed by atoms with Crippen LogP contribution in [-0.2, 0) is 4.79 Å². The van der Waals surface area contributed by atoms with Crippen LogP contribution >= 0.6 is 0 Å². The summed E-state index contributed by atoms with van der Waals surface area (Å²) in [5.41, 5.74) is 0.768. The molecular formula is C12H12N2O3. The largest absolute Gasteiger partial charge is 0.336 e. The summed E-state index contributed by atoms with van der Waals surface area (Å²) in [5, 5.41) is 2.53. The summed E-state index contributed by atoms with van der Waals surface area (Å²) < 4.78 is 0. The van der Waals surface area contributed by atoms with Gasteiger partial charge >= 0.3 is 0 Å². The molecule has 17 heavy (non-hydrogen) atoms. The van der Waals surface area contributed by atoms with Gasteiger partial charge in [-0.1, -0.05) is 12.1 Å². The maximum Gasteiger partial charge on any atom is 0.263 e. The molecular weight excluding hydrogens is 220 g/mol. The van der Waals surface area contributed by atoms with Crippen LogP contribution in [-0.4, -0.2) is 28.8 Å². The highest BCUT2D eigenvalue weighted by molar-refractivity contribution is 6.21. The van der Waals surface area contributed by atoms with Crippen molar-refractivity contribution >= 4 is 17.7 Å². The molecule has 3 amide bonds. The Balaban J connectivity index is 2.33. The van der Waals surface area contributed by atoms with Gasteiger partial charge in [-0.25, -0.2) is 0 Å². The Morgan fingerprint density at radius 2 is 1.65 bits per heavy atom. The first kappa shape index (κ1) is 11.3. The number of amides is 3. The average molecular weight is 232 g/mol. The standard InChI is InChI=1S/C12H12N2O3/c1-7(13-8(2)15)14-11(16)9-5-3-4-6-10(9)12(14)17/h3-7H,1-2H3,(H,13,15). The molecule has 1 unspecified atom stereocenters. The number of nitrogens with one attached hydrogen (secondary N) is 1. The molecule has 0 aromatic heterocycles. The lowest BCUT2D eigenvalue weighted by atomic mass is 10.1. The Morgan fingerprint density at radius 3 is 2.06 bits per heavy atom. The number of imide groups is 1. The molecule has 0 radical (unpaired) electrons. The lowest BCUT2D eigenvalue weighted by Crippen LogP contribution is -2.48. The molecule has 0 fully saturated rings.